The second-order valence-electron chi connectivity index (χ2n) is 5.23. The fraction of sp³-hybridized carbons (Fsp3) is 0.533. The van der Waals surface area contributed by atoms with Crippen molar-refractivity contribution in [1.82, 2.24) is 9.13 Å². The Morgan fingerprint density at radius 2 is 1.75 bits per heavy atom. The molecule has 3 nitrogen and oxygen atoms in total. The Kier molecular flexibility index (Phi) is 5.13. The lowest BCUT2D eigenvalue weighted by Gasteiger charge is -2.13. The average Bonchev–Trinajstić information content (AvgIpc) is 2.63. The van der Waals surface area contributed by atoms with E-state index in [4.69, 9.17) is 0 Å². The normalized spacial score (nSPS) is 13.1. The molecule has 0 N–H and O–H groups in total. The van der Waals surface area contributed by atoms with Crippen LogP contribution in [0.25, 0.3) is 11.0 Å². The van der Waals surface area contributed by atoms with Crippen LogP contribution in [-0.4, -0.2) is 9.13 Å². The standard InChI is InChI=1S/C15H20Br2N2O/c1-4-5-6-7-11(16)10-8-13-14(9-12(10)17)19(3)15(20)18(13)2/h8-9,11H,4-7H2,1-3H3. The highest BCUT2D eigenvalue weighted by Crippen LogP contribution is 2.36. The molecule has 2 aromatic rings. The van der Waals surface area contributed by atoms with Gasteiger partial charge in [-0.2, -0.15) is 0 Å². The van der Waals surface area contributed by atoms with E-state index in [9.17, 15) is 4.79 Å². The Morgan fingerprint density at radius 3 is 2.35 bits per heavy atom. The number of aromatic nitrogens is 2. The van der Waals surface area contributed by atoms with Crippen molar-refractivity contribution in [2.45, 2.75) is 37.4 Å². The SMILES string of the molecule is CCCCCC(Br)c1cc2c(cc1Br)n(C)c(=O)n2C. The first-order chi connectivity index (χ1) is 9.47. The molecule has 0 amide bonds. The van der Waals surface area contributed by atoms with Crippen molar-refractivity contribution >= 4 is 42.9 Å². The van der Waals surface area contributed by atoms with Crippen LogP contribution in [0.15, 0.2) is 21.4 Å². The van der Waals surface area contributed by atoms with Gasteiger partial charge in [-0.1, -0.05) is 58.0 Å². The van der Waals surface area contributed by atoms with Crippen LogP contribution in [0.4, 0.5) is 0 Å². The number of nitrogens with zero attached hydrogens (tertiary/aromatic N) is 2. The molecule has 0 spiro atoms. The van der Waals surface area contributed by atoms with Crippen molar-refractivity contribution in [3.63, 3.8) is 0 Å². The molecule has 1 aromatic heterocycles. The molecule has 0 aliphatic rings. The van der Waals surface area contributed by atoms with E-state index in [0.29, 0.717) is 4.83 Å². The summed E-state index contributed by atoms with van der Waals surface area (Å²) in [6.07, 6.45) is 4.81. The van der Waals surface area contributed by atoms with E-state index in [1.165, 1.54) is 24.8 Å². The second kappa shape index (κ2) is 6.48. The minimum Gasteiger partial charge on any atom is -0.295 e. The summed E-state index contributed by atoms with van der Waals surface area (Å²) in [5.74, 6) is 0. The van der Waals surface area contributed by atoms with E-state index >= 15 is 0 Å². The highest BCUT2D eigenvalue weighted by Gasteiger charge is 2.16. The molecule has 1 aromatic carbocycles. The Balaban J connectivity index is 2.42. The third-order valence-electron chi connectivity index (χ3n) is 3.79. The van der Waals surface area contributed by atoms with Crippen LogP contribution < -0.4 is 5.69 Å². The molecule has 0 aliphatic heterocycles. The van der Waals surface area contributed by atoms with Crippen molar-refractivity contribution in [3.05, 3.63) is 32.7 Å². The summed E-state index contributed by atoms with van der Waals surface area (Å²) in [5, 5.41) is 0. The highest BCUT2D eigenvalue weighted by molar-refractivity contribution is 9.11. The number of unbranched alkanes of at least 4 members (excludes halogenated alkanes) is 2. The maximum atomic E-state index is 12.0. The Morgan fingerprint density at radius 1 is 1.15 bits per heavy atom. The van der Waals surface area contributed by atoms with Gasteiger partial charge in [0.05, 0.1) is 11.0 Å². The summed E-state index contributed by atoms with van der Waals surface area (Å²) >= 11 is 7.42. The molecule has 2 rings (SSSR count). The summed E-state index contributed by atoms with van der Waals surface area (Å²) in [6, 6.07) is 4.16. The summed E-state index contributed by atoms with van der Waals surface area (Å²) in [4.78, 5) is 12.3. The summed E-state index contributed by atoms with van der Waals surface area (Å²) < 4.78 is 4.45. The van der Waals surface area contributed by atoms with E-state index in [2.05, 4.69) is 44.8 Å². The molecule has 0 saturated carbocycles. The molecular weight excluding hydrogens is 384 g/mol. The zero-order valence-electron chi connectivity index (χ0n) is 12.1. The van der Waals surface area contributed by atoms with Crippen LogP contribution in [0.5, 0.6) is 0 Å². The van der Waals surface area contributed by atoms with Gasteiger partial charge in [0.15, 0.2) is 0 Å². The maximum absolute atomic E-state index is 12.0. The number of imidazole rings is 1. The zero-order chi connectivity index (χ0) is 14.9. The third-order valence-corrected chi connectivity index (χ3v) is 5.43. The van der Waals surface area contributed by atoms with Crippen molar-refractivity contribution in [2.75, 3.05) is 0 Å². The lowest BCUT2D eigenvalue weighted by Crippen LogP contribution is -2.19. The van der Waals surface area contributed by atoms with E-state index in [1.807, 2.05) is 20.2 Å². The van der Waals surface area contributed by atoms with Crippen molar-refractivity contribution in [2.24, 2.45) is 14.1 Å². The summed E-state index contributed by atoms with van der Waals surface area (Å²) in [7, 11) is 3.63. The molecule has 1 unspecified atom stereocenters. The number of alkyl halides is 1. The van der Waals surface area contributed by atoms with Gasteiger partial charge in [0.1, 0.15) is 0 Å². The predicted molar refractivity (Wildman–Crippen MR) is 91.7 cm³/mol. The van der Waals surface area contributed by atoms with Gasteiger partial charge in [-0.25, -0.2) is 4.79 Å². The first-order valence-electron chi connectivity index (χ1n) is 6.96. The maximum Gasteiger partial charge on any atom is 0.328 e. The Hall–Kier alpha value is -0.550. The van der Waals surface area contributed by atoms with Gasteiger partial charge in [-0.05, 0) is 24.1 Å². The summed E-state index contributed by atoms with van der Waals surface area (Å²) in [6.45, 7) is 2.21. The van der Waals surface area contributed by atoms with E-state index < -0.39 is 0 Å². The topological polar surface area (TPSA) is 26.9 Å². The molecule has 0 saturated heterocycles. The van der Waals surface area contributed by atoms with Gasteiger partial charge in [-0.15, -0.1) is 0 Å². The fourth-order valence-corrected chi connectivity index (χ4v) is 4.12. The molecule has 1 atom stereocenters. The highest BCUT2D eigenvalue weighted by atomic mass is 79.9. The fourth-order valence-electron chi connectivity index (χ4n) is 2.50. The van der Waals surface area contributed by atoms with Gasteiger partial charge in [0, 0.05) is 23.4 Å². The Bertz CT molecular complexity index is 673. The van der Waals surface area contributed by atoms with Crippen LogP contribution >= 0.6 is 31.9 Å². The molecular formula is C15H20Br2N2O. The number of fused-ring (bicyclic) bond motifs is 1. The largest absolute Gasteiger partial charge is 0.328 e. The minimum atomic E-state index is 0.0150. The number of halogens is 2. The smallest absolute Gasteiger partial charge is 0.295 e. The van der Waals surface area contributed by atoms with Crippen molar-refractivity contribution < 1.29 is 0 Å². The zero-order valence-corrected chi connectivity index (χ0v) is 15.3. The lowest BCUT2D eigenvalue weighted by molar-refractivity contribution is 0.663. The number of aryl methyl sites for hydroxylation is 2. The number of hydrogen-bond donors (Lipinski definition) is 0. The number of benzene rings is 1. The van der Waals surface area contributed by atoms with Gasteiger partial charge < -0.3 is 0 Å². The quantitative estimate of drug-likeness (QED) is 0.527. The Labute approximate surface area is 136 Å². The molecule has 0 radical (unpaired) electrons. The van der Waals surface area contributed by atoms with Crippen molar-refractivity contribution in [3.8, 4) is 0 Å². The molecule has 20 heavy (non-hydrogen) atoms. The molecule has 0 bridgehead atoms. The van der Waals surface area contributed by atoms with Crippen LogP contribution in [-0.2, 0) is 14.1 Å². The molecule has 0 aliphatic carbocycles. The van der Waals surface area contributed by atoms with Gasteiger partial charge >= 0.3 is 5.69 Å². The second-order valence-corrected chi connectivity index (χ2v) is 7.19. The third kappa shape index (κ3) is 2.89. The van der Waals surface area contributed by atoms with Crippen LogP contribution in [0.1, 0.15) is 43.0 Å². The van der Waals surface area contributed by atoms with Gasteiger partial charge in [0.2, 0.25) is 0 Å². The number of hydrogen-bond acceptors (Lipinski definition) is 1. The summed E-state index contributed by atoms with van der Waals surface area (Å²) in [5.41, 5.74) is 3.17. The first kappa shape index (κ1) is 15.8. The average molecular weight is 404 g/mol. The van der Waals surface area contributed by atoms with E-state index in [1.54, 1.807) is 9.13 Å². The van der Waals surface area contributed by atoms with Gasteiger partial charge in [0.25, 0.3) is 0 Å². The molecule has 0 fully saturated rings. The van der Waals surface area contributed by atoms with Crippen LogP contribution in [0.3, 0.4) is 0 Å². The molecule has 110 valence electrons. The van der Waals surface area contributed by atoms with Crippen LogP contribution in [0, 0.1) is 0 Å². The van der Waals surface area contributed by atoms with E-state index in [-0.39, 0.29) is 5.69 Å². The van der Waals surface area contributed by atoms with E-state index in [0.717, 1.165) is 21.9 Å². The minimum absolute atomic E-state index is 0.0150. The molecule has 5 heteroatoms. The first-order valence-corrected chi connectivity index (χ1v) is 8.67. The predicted octanol–water partition coefficient (Wildman–Crippen LogP) is 4.66. The van der Waals surface area contributed by atoms with Gasteiger partial charge in [-0.3, -0.25) is 9.13 Å². The number of rotatable bonds is 5. The van der Waals surface area contributed by atoms with Crippen LogP contribution in [0.2, 0.25) is 0 Å². The molecule has 1 heterocycles. The monoisotopic (exact) mass is 402 g/mol. The van der Waals surface area contributed by atoms with Crippen molar-refractivity contribution in [1.29, 1.82) is 0 Å². The lowest BCUT2D eigenvalue weighted by atomic mass is 10.1.